The van der Waals surface area contributed by atoms with Gasteiger partial charge in [-0.3, -0.25) is 9.18 Å². The van der Waals surface area contributed by atoms with Crippen LogP contribution in [0, 0.1) is 12.8 Å². The van der Waals surface area contributed by atoms with Gasteiger partial charge in [-0.2, -0.15) is 0 Å². The number of nitrogens with one attached hydrogen (secondary N) is 1. The lowest BCUT2D eigenvalue weighted by Gasteiger charge is -2.26. The molecule has 0 bridgehead atoms. The van der Waals surface area contributed by atoms with E-state index >= 15 is 0 Å². The summed E-state index contributed by atoms with van der Waals surface area (Å²) < 4.78 is 13.1. The van der Waals surface area contributed by atoms with Gasteiger partial charge in [-0.1, -0.05) is 6.07 Å². The number of nitrogens with two attached hydrogens (primary N) is 2. The van der Waals surface area contributed by atoms with Crippen LogP contribution in [0.25, 0.3) is 10.2 Å². The molecule has 32 heavy (non-hydrogen) atoms. The summed E-state index contributed by atoms with van der Waals surface area (Å²) in [6, 6.07) is 7.75. The Hall–Kier alpha value is -2.78. The van der Waals surface area contributed by atoms with Gasteiger partial charge in [0.15, 0.2) is 0 Å². The number of anilines is 2. The van der Waals surface area contributed by atoms with Crippen molar-refractivity contribution in [3.63, 3.8) is 0 Å². The third-order valence-electron chi connectivity index (χ3n) is 6.54. The van der Waals surface area contributed by atoms with Crippen LogP contribution in [0.2, 0.25) is 0 Å². The van der Waals surface area contributed by atoms with Crippen LogP contribution >= 0.6 is 11.3 Å². The van der Waals surface area contributed by atoms with Gasteiger partial charge in [0.25, 0.3) is 5.91 Å². The van der Waals surface area contributed by atoms with Crippen molar-refractivity contribution in [2.75, 3.05) is 30.4 Å². The first-order chi connectivity index (χ1) is 15.4. The molecule has 0 aromatic carbocycles. The molecule has 9 heteroatoms. The number of thiophene rings is 1. The van der Waals surface area contributed by atoms with Crippen molar-refractivity contribution in [2.24, 2.45) is 11.7 Å². The highest BCUT2D eigenvalue weighted by Crippen LogP contribution is 2.33. The molecule has 0 saturated carbocycles. The number of rotatable bonds is 4. The van der Waals surface area contributed by atoms with Gasteiger partial charge in [0.1, 0.15) is 15.5 Å². The van der Waals surface area contributed by atoms with Gasteiger partial charge in [0.05, 0.1) is 12.4 Å². The molecule has 1 aliphatic carbocycles. The summed E-state index contributed by atoms with van der Waals surface area (Å²) in [6.45, 7) is 2.76. The average Bonchev–Trinajstić information content (AvgIpc) is 3.32. The first kappa shape index (κ1) is 21.1. The Balaban J connectivity index is 1.28. The van der Waals surface area contributed by atoms with E-state index in [2.05, 4.69) is 21.3 Å². The van der Waals surface area contributed by atoms with Crippen LogP contribution in [0.5, 0.6) is 0 Å². The van der Waals surface area contributed by atoms with Crippen LogP contribution in [-0.4, -0.2) is 47.7 Å². The number of amides is 1. The second kappa shape index (κ2) is 8.29. The predicted molar refractivity (Wildman–Crippen MR) is 126 cm³/mol. The van der Waals surface area contributed by atoms with Gasteiger partial charge in [0.2, 0.25) is 0 Å². The molecule has 168 valence electrons. The van der Waals surface area contributed by atoms with Gasteiger partial charge in [0, 0.05) is 47.9 Å². The van der Waals surface area contributed by atoms with E-state index < -0.39 is 6.67 Å². The number of halogens is 1. The van der Waals surface area contributed by atoms with E-state index in [-0.39, 0.29) is 23.9 Å². The van der Waals surface area contributed by atoms with Crippen molar-refractivity contribution in [1.82, 2.24) is 15.3 Å². The van der Waals surface area contributed by atoms with Crippen LogP contribution in [0.3, 0.4) is 0 Å². The van der Waals surface area contributed by atoms with Gasteiger partial charge in [-0.25, -0.2) is 9.97 Å². The van der Waals surface area contributed by atoms with Gasteiger partial charge >= 0.3 is 0 Å². The molecule has 1 amide bonds. The molecule has 4 heterocycles. The second-order valence-electron chi connectivity index (χ2n) is 8.82. The van der Waals surface area contributed by atoms with Crippen molar-refractivity contribution in [2.45, 2.75) is 38.3 Å². The maximum Gasteiger partial charge on any atom is 0.263 e. The normalized spacial score (nSPS) is 22.8. The van der Waals surface area contributed by atoms with E-state index in [0.717, 1.165) is 52.2 Å². The summed E-state index contributed by atoms with van der Waals surface area (Å²) in [5.41, 5.74) is 15.9. The minimum atomic E-state index is -0.399. The molecular weight excluding hydrogens is 427 g/mol. The molecular formula is C23H27FN6OS. The Bertz CT molecular complexity index is 1180. The topological polar surface area (TPSA) is 110 Å². The van der Waals surface area contributed by atoms with E-state index in [1.54, 1.807) is 0 Å². The van der Waals surface area contributed by atoms with Crippen LogP contribution in [0.1, 0.15) is 33.0 Å². The molecule has 5 N–H and O–H groups in total. The molecule has 1 aliphatic heterocycles. The molecule has 3 aromatic heterocycles. The number of carbonyl (C=O) groups is 1. The number of aryl methyl sites for hydroxylation is 2. The van der Waals surface area contributed by atoms with Gasteiger partial charge in [-0.05, 0) is 49.9 Å². The lowest BCUT2D eigenvalue weighted by molar-refractivity contribution is 0.0938. The zero-order chi connectivity index (χ0) is 22.4. The number of pyridine rings is 2. The Labute approximate surface area is 190 Å². The second-order valence-corrected chi connectivity index (χ2v) is 9.82. The largest absolute Gasteiger partial charge is 0.397 e. The average molecular weight is 455 g/mol. The monoisotopic (exact) mass is 454 g/mol. The van der Waals surface area contributed by atoms with Crippen LogP contribution in [0.15, 0.2) is 24.3 Å². The third kappa shape index (κ3) is 3.80. The van der Waals surface area contributed by atoms with Crippen LogP contribution in [-0.2, 0) is 12.8 Å². The fraction of sp³-hybridized carbons (Fsp3) is 0.435. The van der Waals surface area contributed by atoms with Crippen molar-refractivity contribution >= 4 is 39.0 Å². The van der Waals surface area contributed by atoms with Gasteiger partial charge < -0.3 is 21.7 Å². The van der Waals surface area contributed by atoms with Crippen LogP contribution < -0.4 is 21.7 Å². The smallest absolute Gasteiger partial charge is 0.263 e. The predicted octanol–water partition coefficient (Wildman–Crippen LogP) is 2.60. The summed E-state index contributed by atoms with van der Waals surface area (Å²) in [5, 5.41) is 3.98. The molecule has 0 spiro atoms. The van der Waals surface area contributed by atoms with E-state index in [1.807, 2.05) is 25.1 Å². The molecule has 0 radical (unpaired) electrons. The summed E-state index contributed by atoms with van der Waals surface area (Å²) in [7, 11) is 0. The van der Waals surface area contributed by atoms with E-state index in [0.29, 0.717) is 23.7 Å². The Morgan fingerprint density at radius 1 is 1.28 bits per heavy atom. The van der Waals surface area contributed by atoms with Crippen LogP contribution in [0.4, 0.5) is 15.9 Å². The highest BCUT2D eigenvalue weighted by atomic mass is 32.1. The molecule has 3 unspecified atom stereocenters. The number of alkyl halides is 1. The zero-order valence-electron chi connectivity index (χ0n) is 18.0. The Kier molecular flexibility index (Phi) is 5.46. The zero-order valence-corrected chi connectivity index (χ0v) is 18.8. The molecule has 1 fully saturated rings. The van der Waals surface area contributed by atoms with Crippen molar-refractivity contribution in [3.05, 3.63) is 46.1 Å². The maximum absolute atomic E-state index is 13.1. The summed E-state index contributed by atoms with van der Waals surface area (Å²) in [5.74, 6) is 0.579. The first-order valence-electron chi connectivity index (χ1n) is 10.9. The molecule has 2 aliphatic rings. The molecule has 3 aromatic rings. The number of aromatic nitrogens is 2. The molecule has 5 rings (SSSR count). The number of carbonyl (C=O) groups excluding carboxylic acids is 1. The number of hydrogen-bond acceptors (Lipinski definition) is 7. The standard InChI is InChI=1S/C23H27FN6OS/c1-12-2-5-16-20(26)21(32-23(16)27-12)22(31)28-15-4-6-18-13(8-15)3-7-19(29-18)30-10-14(9-24)17(25)11-30/h2-3,5,7,14-15,17H,4,6,8-11,25-26H2,1H3,(H,28,31). The summed E-state index contributed by atoms with van der Waals surface area (Å²) in [6.07, 6.45) is 2.32. The fourth-order valence-corrected chi connectivity index (χ4v) is 5.70. The SMILES string of the molecule is Cc1ccc2c(N)c(C(=O)NC3CCc4nc(N5CC(N)C(CF)C5)ccc4C3)sc2n1. The number of nitrogen functional groups attached to an aromatic ring is 1. The van der Waals surface area contributed by atoms with E-state index in [1.165, 1.54) is 11.3 Å². The maximum atomic E-state index is 13.1. The van der Waals surface area contributed by atoms with Crippen molar-refractivity contribution < 1.29 is 9.18 Å². The lowest BCUT2D eigenvalue weighted by Crippen LogP contribution is -2.39. The Morgan fingerprint density at radius 3 is 2.91 bits per heavy atom. The van der Waals surface area contributed by atoms with E-state index in [9.17, 15) is 9.18 Å². The summed E-state index contributed by atoms with van der Waals surface area (Å²) in [4.78, 5) is 25.6. The Morgan fingerprint density at radius 2 is 2.12 bits per heavy atom. The number of fused-ring (bicyclic) bond motifs is 2. The number of hydrogen-bond donors (Lipinski definition) is 3. The number of nitrogens with zero attached hydrogens (tertiary/aromatic N) is 3. The minimum absolute atomic E-state index is 0.0260. The molecule has 3 atom stereocenters. The van der Waals surface area contributed by atoms with E-state index in [4.69, 9.17) is 16.5 Å². The summed E-state index contributed by atoms with van der Waals surface area (Å²) >= 11 is 1.34. The third-order valence-corrected chi connectivity index (χ3v) is 7.65. The molecule has 7 nitrogen and oxygen atoms in total. The first-order valence-corrected chi connectivity index (χ1v) is 11.8. The fourth-order valence-electron chi connectivity index (χ4n) is 4.65. The van der Waals surface area contributed by atoms with Crippen molar-refractivity contribution in [3.8, 4) is 0 Å². The molecule has 1 saturated heterocycles. The highest BCUT2D eigenvalue weighted by molar-refractivity contribution is 7.21. The highest BCUT2D eigenvalue weighted by Gasteiger charge is 2.31. The lowest BCUT2D eigenvalue weighted by atomic mass is 9.91. The van der Waals surface area contributed by atoms with Gasteiger partial charge in [-0.15, -0.1) is 11.3 Å². The quantitative estimate of drug-likeness (QED) is 0.559. The minimum Gasteiger partial charge on any atom is -0.397 e. The van der Waals surface area contributed by atoms with Crippen molar-refractivity contribution in [1.29, 1.82) is 0 Å².